The van der Waals surface area contributed by atoms with Crippen LogP contribution in [-0.2, 0) is 23.8 Å². The molecule has 0 radical (unpaired) electrons. The predicted molar refractivity (Wildman–Crippen MR) is 112 cm³/mol. The van der Waals surface area contributed by atoms with E-state index in [1.165, 1.54) is 14.0 Å². The molecule has 0 aromatic rings. The van der Waals surface area contributed by atoms with Gasteiger partial charge in [-0.3, -0.25) is 4.79 Å². The molecule has 1 fully saturated rings. The predicted octanol–water partition coefficient (Wildman–Crippen LogP) is 2.83. The van der Waals surface area contributed by atoms with E-state index in [0.29, 0.717) is 32.1 Å². The van der Waals surface area contributed by atoms with Crippen LogP contribution in [0.25, 0.3) is 0 Å². The van der Waals surface area contributed by atoms with Crippen LogP contribution in [0.3, 0.4) is 0 Å². The van der Waals surface area contributed by atoms with Crippen LogP contribution in [0, 0.1) is 5.92 Å². The summed E-state index contributed by atoms with van der Waals surface area (Å²) in [6.07, 6.45) is 2.86. The number of hydrogen-bond donors (Lipinski definition) is 2. The summed E-state index contributed by atoms with van der Waals surface area (Å²) in [7, 11) is 1.30. The second kappa shape index (κ2) is 9.62. The first-order valence-electron chi connectivity index (χ1n) is 10.6. The highest BCUT2D eigenvalue weighted by atomic mass is 16.6. The third-order valence-electron chi connectivity index (χ3n) is 6.62. The number of esters is 2. The molecule has 2 bridgehead atoms. The standard InChI is InChI=1S/C23H36O7/c1-14-7-8-20(29-16(3)24)23(5)12-10-19(30-23)22(4,27)11-9-17(13-18(14)25)15(2)21(26)28-6/h7,17-20,25,27H,2,8-13H2,1,3-6H3/b14-7+/t17-,18-,19+,20+,22-,23+/m1/s1. The third kappa shape index (κ3) is 5.71. The summed E-state index contributed by atoms with van der Waals surface area (Å²) < 4.78 is 16.7. The summed E-state index contributed by atoms with van der Waals surface area (Å²) in [5.41, 5.74) is -0.872. The molecule has 2 heterocycles. The zero-order chi connectivity index (χ0) is 22.7. The Labute approximate surface area is 179 Å². The van der Waals surface area contributed by atoms with Gasteiger partial charge in [0.15, 0.2) is 0 Å². The molecule has 0 amide bonds. The van der Waals surface area contributed by atoms with E-state index in [-0.39, 0.29) is 17.9 Å². The molecular formula is C23H36O7. The van der Waals surface area contributed by atoms with Crippen molar-refractivity contribution in [2.45, 2.75) is 95.7 Å². The molecule has 170 valence electrons. The van der Waals surface area contributed by atoms with Crippen molar-refractivity contribution in [2.75, 3.05) is 7.11 Å². The topological polar surface area (TPSA) is 102 Å². The summed E-state index contributed by atoms with van der Waals surface area (Å²) in [5, 5.41) is 21.9. The zero-order valence-corrected chi connectivity index (χ0v) is 18.8. The number of aliphatic hydroxyl groups is 2. The van der Waals surface area contributed by atoms with Crippen LogP contribution < -0.4 is 0 Å². The molecule has 0 unspecified atom stereocenters. The van der Waals surface area contributed by atoms with E-state index < -0.39 is 41.5 Å². The highest BCUT2D eigenvalue weighted by Crippen LogP contribution is 2.42. The van der Waals surface area contributed by atoms with Crippen molar-refractivity contribution in [2.24, 2.45) is 5.92 Å². The Hall–Kier alpha value is -1.70. The van der Waals surface area contributed by atoms with Gasteiger partial charge in [-0.05, 0) is 64.4 Å². The molecule has 2 rings (SSSR count). The SMILES string of the molecule is C=C(C(=O)OC)[C@@H]1CC[C@@](C)(O)[C@@H]2CC[C@](C)(O2)[C@@H](OC(C)=O)C/C=C(\C)[C@H](O)C1. The van der Waals surface area contributed by atoms with E-state index >= 15 is 0 Å². The Balaban J connectivity index is 2.38. The van der Waals surface area contributed by atoms with Gasteiger partial charge in [-0.15, -0.1) is 0 Å². The van der Waals surface area contributed by atoms with E-state index in [0.717, 1.165) is 5.57 Å². The Kier molecular flexibility index (Phi) is 7.88. The van der Waals surface area contributed by atoms with Gasteiger partial charge in [-0.1, -0.05) is 12.7 Å². The van der Waals surface area contributed by atoms with Gasteiger partial charge in [0, 0.05) is 18.9 Å². The summed E-state index contributed by atoms with van der Waals surface area (Å²) >= 11 is 0. The van der Waals surface area contributed by atoms with E-state index in [1.54, 1.807) is 6.92 Å². The highest BCUT2D eigenvalue weighted by molar-refractivity contribution is 5.88. The number of methoxy groups -OCH3 is 1. The summed E-state index contributed by atoms with van der Waals surface area (Å²) in [6.45, 7) is 10.7. The number of hydrogen-bond acceptors (Lipinski definition) is 7. The van der Waals surface area contributed by atoms with Gasteiger partial charge < -0.3 is 24.4 Å². The van der Waals surface area contributed by atoms with Crippen LogP contribution in [0.2, 0.25) is 0 Å². The van der Waals surface area contributed by atoms with Crippen molar-refractivity contribution in [3.63, 3.8) is 0 Å². The van der Waals surface area contributed by atoms with Crippen molar-refractivity contribution in [3.8, 4) is 0 Å². The van der Waals surface area contributed by atoms with Gasteiger partial charge in [0.05, 0.1) is 24.9 Å². The van der Waals surface area contributed by atoms with Crippen LogP contribution >= 0.6 is 0 Å². The number of aliphatic hydroxyl groups excluding tert-OH is 1. The van der Waals surface area contributed by atoms with Crippen LogP contribution in [0.15, 0.2) is 23.8 Å². The molecular weight excluding hydrogens is 388 g/mol. The van der Waals surface area contributed by atoms with E-state index in [4.69, 9.17) is 14.2 Å². The van der Waals surface area contributed by atoms with Crippen molar-refractivity contribution in [3.05, 3.63) is 23.8 Å². The minimum Gasteiger partial charge on any atom is -0.466 e. The average molecular weight is 425 g/mol. The number of ether oxygens (including phenoxy) is 3. The first-order valence-corrected chi connectivity index (χ1v) is 10.6. The fourth-order valence-electron chi connectivity index (χ4n) is 4.40. The molecule has 0 aromatic heterocycles. The number of carbonyl (C=O) groups is 2. The van der Waals surface area contributed by atoms with Crippen LogP contribution in [0.5, 0.6) is 0 Å². The van der Waals surface area contributed by atoms with Gasteiger partial charge in [0.2, 0.25) is 0 Å². The van der Waals surface area contributed by atoms with Crippen molar-refractivity contribution < 1.29 is 34.0 Å². The molecule has 0 aliphatic carbocycles. The molecule has 6 atom stereocenters. The Morgan fingerprint density at radius 2 is 1.93 bits per heavy atom. The molecule has 7 nitrogen and oxygen atoms in total. The molecule has 0 spiro atoms. The maximum Gasteiger partial charge on any atom is 0.333 e. The number of carbonyl (C=O) groups excluding carboxylic acids is 2. The summed E-state index contributed by atoms with van der Waals surface area (Å²) in [5.74, 6) is -1.26. The molecule has 0 saturated carbocycles. The van der Waals surface area contributed by atoms with E-state index in [2.05, 4.69) is 6.58 Å². The Morgan fingerprint density at radius 1 is 1.27 bits per heavy atom. The van der Waals surface area contributed by atoms with E-state index in [1.807, 2.05) is 19.9 Å². The minimum absolute atomic E-state index is 0.282. The maximum atomic E-state index is 12.1. The second-order valence-corrected chi connectivity index (χ2v) is 9.10. The molecule has 7 heteroatoms. The fraction of sp³-hybridized carbons (Fsp3) is 0.739. The number of rotatable bonds is 3. The van der Waals surface area contributed by atoms with Gasteiger partial charge in [-0.2, -0.15) is 0 Å². The lowest BCUT2D eigenvalue weighted by molar-refractivity contribution is -0.182. The second-order valence-electron chi connectivity index (χ2n) is 9.10. The Bertz CT molecular complexity index is 696. The lowest BCUT2D eigenvalue weighted by Crippen LogP contribution is -2.46. The molecule has 2 aliphatic heterocycles. The molecule has 2 aliphatic rings. The van der Waals surface area contributed by atoms with Crippen molar-refractivity contribution in [1.82, 2.24) is 0 Å². The largest absolute Gasteiger partial charge is 0.466 e. The molecule has 2 N–H and O–H groups in total. The smallest absolute Gasteiger partial charge is 0.333 e. The lowest BCUT2D eigenvalue weighted by Gasteiger charge is -2.36. The van der Waals surface area contributed by atoms with E-state index in [9.17, 15) is 19.8 Å². The fourth-order valence-corrected chi connectivity index (χ4v) is 4.40. The van der Waals surface area contributed by atoms with Crippen LogP contribution in [-0.4, -0.2) is 58.8 Å². The number of fused-ring (bicyclic) bond motifs is 2. The zero-order valence-electron chi connectivity index (χ0n) is 18.8. The first-order chi connectivity index (χ1) is 13.9. The quantitative estimate of drug-likeness (QED) is 0.408. The molecule has 30 heavy (non-hydrogen) atoms. The maximum absolute atomic E-state index is 12.1. The van der Waals surface area contributed by atoms with Gasteiger partial charge in [0.25, 0.3) is 0 Å². The van der Waals surface area contributed by atoms with Gasteiger partial charge in [0.1, 0.15) is 11.7 Å². The van der Waals surface area contributed by atoms with Crippen LogP contribution in [0.1, 0.15) is 66.2 Å². The normalized spacial score (nSPS) is 39.5. The lowest BCUT2D eigenvalue weighted by atomic mass is 9.81. The highest BCUT2D eigenvalue weighted by Gasteiger charge is 2.49. The van der Waals surface area contributed by atoms with Gasteiger partial charge in [-0.25, -0.2) is 4.79 Å². The molecule has 1 saturated heterocycles. The summed E-state index contributed by atoms with van der Waals surface area (Å²) in [4.78, 5) is 23.7. The van der Waals surface area contributed by atoms with Gasteiger partial charge >= 0.3 is 11.9 Å². The van der Waals surface area contributed by atoms with Crippen LogP contribution in [0.4, 0.5) is 0 Å². The Morgan fingerprint density at radius 3 is 2.53 bits per heavy atom. The first kappa shape index (κ1) is 24.6. The minimum atomic E-state index is -1.14. The summed E-state index contributed by atoms with van der Waals surface area (Å²) in [6, 6.07) is 0. The average Bonchev–Trinajstić information content (AvgIpc) is 3.10. The third-order valence-corrected chi connectivity index (χ3v) is 6.62. The monoisotopic (exact) mass is 424 g/mol. The van der Waals surface area contributed by atoms with Crippen molar-refractivity contribution >= 4 is 11.9 Å². The van der Waals surface area contributed by atoms with Crippen molar-refractivity contribution in [1.29, 1.82) is 0 Å². The molecule has 0 aromatic carbocycles.